The molecule has 17 heavy (non-hydrogen) atoms. The molecule has 1 fully saturated rings. The lowest BCUT2D eigenvalue weighted by atomic mass is 9.89. The highest BCUT2D eigenvalue weighted by atomic mass is 79.9. The first kappa shape index (κ1) is 13.0. The van der Waals surface area contributed by atoms with Crippen LogP contribution in [0.5, 0.6) is 0 Å². The molecule has 2 rings (SSSR count). The summed E-state index contributed by atoms with van der Waals surface area (Å²) < 4.78 is 13.7. The summed E-state index contributed by atoms with van der Waals surface area (Å²) in [5, 5.41) is 0. The number of likely N-dealkylation sites (N-methyl/N-ethyl adjacent to an activating group) is 1. The summed E-state index contributed by atoms with van der Waals surface area (Å²) in [6.07, 6.45) is 3.80. The Morgan fingerprint density at radius 3 is 2.71 bits per heavy atom. The van der Waals surface area contributed by atoms with E-state index in [2.05, 4.69) is 27.9 Å². The summed E-state index contributed by atoms with van der Waals surface area (Å²) >= 11 is 3.23. The Labute approximate surface area is 110 Å². The number of hydrogen-bond acceptors (Lipinski definition) is 2. The number of nitrogens with zero attached hydrogens (tertiary/aromatic N) is 1. The summed E-state index contributed by atoms with van der Waals surface area (Å²) in [7, 11) is 2.11. The zero-order chi connectivity index (χ0) is 12.4. The van der Waals surface area contributed by atoms with E-state index in [4.69, 9.17) is 5.73 Å². The van der Waals surface area contributed by atoms with Crippen LogP contribution >= 0.6 is 15.9 Å². The van der Waals surface area contributed by atoms with E-state index in [1.54, 1.807) is 0 Å². The van der Waals surface area contributed by atoms with E-state index in [9.17, 15) is 4.39 Å². The van der Waals surface area contributed by atoms with Crippen LogP contribution in [0.15, 0.2) is 22.7 Å². The first-order valence-electron chi connectivity index (χ1n) is 6.00. The Bertz CT molecular complexity index is 393. The average Bonchev–Trinajstić information content (AvgIpc) is 2.22. The summed E-state index contributed by atoms with van der Waals surface area (Å²) in [5.74, 6) is -0.226. The zero-order valence-corrected chi connectivity index (χ0v) is 11.6. The third kappa shape index (κ3) is 2.69. The molecule has 4 heteroatoms. The van der Waals surface area contributed by atoms with Crippen LogP contribution in [0.25, 0.3) is 0 Å². The van der Waals surface area contributed by atoms with E-state index < -0.39 is 0 Å². The molecule has 1 aliphatic carbocycles. The number of benzene rings is 1. The van der Waals surface area contributed by atoms with Gasteiger partial charge in [-0.1, -0.05) is 12.5 Å². The maximum Gasteiger partial charge on any atom is 0.137 e. The molecule has 0 amide bonds. The van der Waals surface area contributed by atoms with Crippen LogP contribution in [-0.2, 0) is 0 Å². The van der Waals surface area contributed by atoms with Crippen molar-refractivity contribution in [3.05, 3.63) is 34.1 Å². The Hall–Kier alpha value is -0.450. The van der Waals surface area contributed by atoms with Gasteiger partial charge in [-0.15, -0.1) is 0 Å². The van der Waals surface area contributed by atoms with Crippen LogP contribution < -0.4 is 5.73 Å². The van der Waals surface area contributed by atoms with E-state index >= 15 is 0 Å². The van der Waals surface area contributed by atoms with Gasteiger partial charge in [-0.25, -0.2) is 4.39 Å². The van der Waals surface area contributed by atoms with Crippen molar-refractivity contribution in [1.82, 2.24) is 4.90 Å². The lowest BCUT2D eigenvalue weighted by Gasteiger charge is -2.39. The molecule has 0 bridgehead atoms. The minimum absolute atomic E-state index is 0.178. The highest BCUT2D eigenvalue weighted by Gasteiger charge is 2.27. The highest BCUT2D eigenvalue weighted by molar-refractivity contribution is 9.10. The molecule has 0 heterocycles. The average molecular weight is 301 g/mol. The number of rotatable bonds is 4. The summed E-state index contributed by atoms with van der Waals surface area (Å²) in [6, 6.07) is 5.97. The van der Waals surface area contributed by atoms with Crippen molar-refractivity contribution in [3.63, 3.8) is 0 Å². The Morgan fingerprint density at radius 1 is 1.53 bits per heavy atom. The van der Waals surface area contributed by atoms with Crippen LogP contribution in [0, 0.1) is 5.82 Å². The van der Waals surface area contributed by atoms with Gasteiger partial charge < -0.3 is 5.73 Å². The maximum atomic E-state index is 13.2. The number of hydrogen-bond donors (Lipinski definition) is 1. The second-order valence-corrected chi connectivity index (χ2v) is 5.53. The van der Waals surface area contributed by atoms with Crippen molar-refractivity contribution in [2.24, 2.45) is 5.73 Å². The van der Waals surface area contributed by atoms with Crippen molar-refractivity contribution < 1.29 is 4.39 Å². The molecule has 0 spiro atoms. The molecular formula is C13H18BrFN2. The van der Waals surface area contributed by atoms with E-state index in [0.29, 0.717) is 17.1 Å². The molecule has 1 aromatic rings. The number of halogens is 2. The van der Waals surface area contributed by atoms with Gasteiger partial charge in [-0.3, -0.25) is 4.90 Å². The van der Waals surface area contributed by atoms with E-state index in [1.165, 1.54) is 25.3 Å². The van der Waals surface area contributed by atoms with Gasteiger partial charge in [0.1, 0.15) is 5.82 Å². The first-order chi connectivity index (χ1) is 8.13. The van der Waals surface area contributed by atoms with Crippen molar-refractivity contribution >= 4 is 15.9 Å². The smallest absolute Gasteiger partial charge is 0.137 e. The van der Waals surface area contributed by atoms with Crippen LogP contribution in [0.2, 0.25) is 0 Å². The second-order valence-electron chi connectivity index (χ2n) is 4.68. The van der Waals surface area contributed by atoms with Gasteiger partial charge in [0.25, 0.3) is 0 Å². The van der Waals surface area contributed by atoms with Gasteiger partial charge in [0.05, 0.1) is 4.47 Å². The zero-order valence-electron chi connectivity index (χ0n) is 10.00. The van der Waals surface area contributed by atoms with Crippen molar-refractivity contribution in [3.8, 4) is 0 Å². The van der Waals surface area contributed by atoms with Crippen LogP contribution in [-0.4, -0.2) is 24.5 Å². The lowest BCUT2D eigenvalue weighted by Crippen LogP contribution is -2.42. The molecule has 1 unspecified atom stereocenters. The summed E-state index contributed by atoms with van der Waals surface area (Å²) in [6.45, 7) is 0.561. The van der Waals surface area contributed by atoms with Crippen LogP contribution in [0.1, 0.15) is 30.9 Å². The van der Waals surface area contributed by atoms with Gasteiger partial charge >= 0.3 is 0 Å². The Kier molecular flexibility index (Phi) is 4.17. The molecule has 2 nitrogen and oxygen atoms in total. The summed E-state index contributed by atoms with van der Waals surface area (Å²) in [5.41, 5.74) is 6.94. The van der Waals surface area contributed by atoms with Gasteiger partial charge in [0.15, 0.2) is 0 Å². The van der Waals surface area contributed by atoms with E-state index in [1.807, 2.05) is 12.1 Å². The minimum atomic E-state index is -0.226. The summed E-state index contributed by atoms with van der Waals surface area (Å²) in [4.78, 5) is 2.32. The normalized spacial score (nSPS) is 18.2. The Morgan fingerprint density at radius 2 is 2.24 bits per heavy atom. The van der Waals surface area contributed by atoms with Gasteiger partial charge in [0.2, 0.25) is 0 Å². The third-order valence-corrected chi connectivity index (χ3v) is 4.30. The first-order valence-corrected chi connectivity index (χ1v) is 6.79. The standard InChI is InChI=1S/C13H18BrFN2/c1-17(10-3-2-4-10)13(8-16)9-5-6-12(15)11(14)7-9/h5-7,10,13H,2-4,8,16H2,1H3. The monoisotopic (exact) mass is 300 g/mol. The minimum Gasteiger partial charge on any atom is -0.329 e. The van der Waals surface area contributed by atoms with Crippen LogP contribution in [0.3, 0.4) is 0 Å². The van der Waals surface area contributed by atoms with Crippen molar-refractivity contribution in [1.29, 1.82) is 0 Å². The molecular weight excluding hydrogens is 283 g/mol. The molecule has 0 radical (unpaired) electrons. The fraction of sp³-hybridized carbons (Fsp3) is 0.538. The van der Waals surface area contributed by atoms with Crippen LogP contribution in [0.4, 0.5) is 4.39 Å². The fourth-order valence-corrected chi connectivity index (χ4v) is 2.70. The highest BCUT2D eigenvalue weighted by Crippen LogP contribution is 2.31. The van der Waals surface area contributed by atoms with Gasteiger partial charge in [-0.2, -0.15) is 0 Å². The molecule has 94 valence electrons. The predicted octanol–water partition coefficient (Wildman–Crippen LogP) is 3.07. The topological polar surface area (TPSA) is 29.3 Å². The largest absolute Gasteiger partial charge is 0.329 e. The van der Waals surface area contributed by atoms with Gasteiger partial charge in [0, 0.05) is 18.6 Å². The van der Waals surface area contributed by atoms with Crippen molar-refractivity contribution in [2.45, 2.75) is 31.3 Å². The molecule has 2 N–H and O–H groups in total. The predicted molar refractivity (Wildman–Crippen MR) is 71.3 cm³/mol. The van der Waals surface area contributed by atoms with Crippen molar-refractivity contribution in [2.75, 3.05) is 13.6 Å². The number of nitrogens with two attached hydrogens (primary N) is 1. The molecule has 1 saturated carbocycles. The van der Waals surface area contributed by atoms with E-state index in [-0.39, 0.29) is 11.9 Å². The second kappa shape index (κ2) is 5.46. The third-order valence-electron chi connectivity index (χ3n) is 3.69. The van der Waals surface area contributed by atoms with Gasteiger partial charge in [-0.05, 0) is 53.5 Å². The fourth-order valence-electron chi connectivity index (χ4n) is 2.31. The molecule has 1 atom stereocenters. The Balaban J connectivity index is 2.18. The molecule has 0 saturated heterocycles. The van der Waals surface area contributed by atoms with E-state index in [0.717, 1.165) is 5.56 Å². The SMILES string of the molecule is CN(C1CCC1)C(CN)c1ccc(F)c(Br)c1. The molecule has 1 aliphatic rings. The molecule has 0 aliphatic heterocycles. The molecule has 1 aromatic carbocycles. The maximum absolute atomic E-state index is 13.2. The lowest BCUT2D eigenvalue weighted by molar-refractivity contribution is 0.113. The molecule has 0 aromatic heterocycles. The quantitative estimate of drug-likeness (QED) is 0.926.